The second kappa shape index (κ2) is 4.58. The summed E-state index contributed by atoms with van der Waals surface area (Å²) >= 11 is 6.67. The molecule has 0 aliphatic heterocycles. The van der Waals surface area contributed by atoms with Gasteiger partial charge in [0.25, 0.3) is 0 Å². The van der Waals surface area contributed by atoms with E-state index in [1.165, 1.54) is 6.08 Å². The maximum atomic E-state index is 10.9. The molecule has 0 saturated carbocycles. The zero-order valence-electron chi connectivity index (χ0n) is 6.68. The largest absolute Gasteiger partial charge is 0.322 e. The topological polar surface area (TPSA) is 29.1 Å². The van der Waals surface area contributed by atoms with Crippen LogP contribution in [-0.4, -0.2) is 5.91 Å². The van der Waals surface area contributed by atoms with Crippen LogP contribution >= 0.6 is 31.9 Å². The van der Waals surface area contributed by atoms with Crippen LogP contribution in [0.25, 0.3) is 0 Å². The average molecular weight is 305 g/mol. The third-order valence-electron chi connectivity index (χ3n) is 1.37. The van der Waals surface area contributed by atoms with Crippen LogP contribution in [0.5, 0.6) is 0 Å². The normalized spacial score (nSPS) is 9.38. The molecule has 0 aliphatic rings. The molecule has 0 aliphatic carbocycles. The van der Waals surface area contributed by atoms with Crippen molar-refractivity contribution in [3.8, 4) is 0 Å². The van der Waals surface area contributed by atoms with Gasteiger partial charge in [0.05, 0.1) is 0 Å². The van der Waals surface area contributed by atoms with E-state index in [2.05, 4.69) is 43.8 Å². The van der Waals surface area contributed by atoms with E-state index in [9.17, 15) is 4.79 Å². The van der Waals surface area contributed by atoms with Gasteiger partial charge in [-0.15, -0.1) is 0 Å². The molecule has 4 heteroatoms. The van der Waals surface area contributed by atoms with Gasteiger partial charge in [-0.1, -0.05) is 6.58 Å². The molecule has 1 rings (SSSR count). The first kappa shape index (κ1) is 10.5. The zero-order valence-corrected chi connectivity index (χ0v) is 9.85. The number of halogens is 2. The van der Waals surface area contributed by atoms with Gasteiger partial charge in [-0.05, 0) is 56.1 Å². The van der Waals surface area contributed by atoms with E-state index < -0.39 is 0 Å². The molecule has 0 fully saturated rings. The molecule has 0 saturated heterocycles. The highest BCUT2D eigenvalue weighted by Crippen LogP contribution is 2.25. The zero-order chi connectivity index (χ0) is 9.84. The number of rotatable bonds is 2. The van der Waals surface area contributed by atoms with Crippen LogP contribution in [0.3, 0.4) is 0 Å². The molecule has 68 valence electrons. The Labute approximate surface area is 93.3 Å². The minimum absolute atomic E-state index is 0.214. The molecular weight excluding hydrogens is 298 g/mol. The van der Waals surface area contributed by atoms with Crippen molar-refractivity contribution in [1.82, 2.24) is 0 Å². The van der Waals surface area contributed by atoms with Crippen molar-refractivity contribution in [2.24, 2.45) is 0 Å². The highest BCUT2D eigenvalue weighted by molar-refractivity contribution is 9.13. The fourth-order valence-corrected chi connectivity index (χ4v) is 1.39. The molecule has 0 radical (unpaired) electrons. The lowest BCUT2D eigenvalue weighted by atomic mass is 10.3. The van der Waals surface area contributed by atoms with Gasteiger partial charge in [-0.25, -0.2) is 0 Å². The van der Waals surface area contributed by atoms with Crippen molar-refractivity contribution >= 4 is 43.5 Å². The van der Waals surface area contributed by atoms with Crippen LogP contribution < -0.4 is 5.32 Å². The summed E-state index contributed by atoms with van der Waals surface area (Å²) in [7, 11) is 0. The fourth-order valence-electron chi connectivity index (χ4n) is 0.767. The Bertz CT molecular complexity index is 349. The molecule has 1 amide bonds. The van der Waals surface area contributed by atoms with Gasteiger partial charge >= 0.3 is 0 Å². The lowest BCUT2D eigenvalue weighted by molar-refractivity contribution is -0.111. The summed E-state index contributed by atoms with van der Waals surface area (Å²) < 4.78 is 1.85. The van der Waals surface area contributed by atoms with Crippen LogP contribution in [0.15, 0.2) is 39.8 Å². The Morgan fingerprint density at radius 2 is 2.08 bits per heavy atom. The molecule has 1 aromatic rings. The summed E-state index contributed by atoms with van der Waals surface area (Å²) in [5, 5.41) is 2.65. The van der Waals surface area contributed by atoms with Crippen molar-refractivity contribution in [2.75, 3.05) is 5.32 Å². The smallest absolute Gasteiger partial charge is 0.247 e. The average Bonchev–Trinajstić information content (AvgIpc) is 2.11. The van der Waals surface area contributed by atoms with Crippen molar-refractivity contribution < 1.29 is 4.79 Å². The number of nitrogens with one attached hydrogen (secondary N) is 1. The number of carbonyl (C=O) groups is 1. The summed E-state index contributed by atoms with van der Waals surface area (Å²) in [6.45, 7) is 3.36. The van der Waals surface area contributed by atoms with E-state index >= 15 is 0 Å². The number of amides is 1. The number of anilines is 1. The predicted molar refractivity (Wildman–Crippen MR) is 60.7 cm³/mol. The van der Waals surface area contributed by atoms with Gasteiger partial charge in [0.2, 0.25) is 5.91 Å². The van der Waals surface area contributed by atoms with Gasteiger partial charge in [-0.3, -0.25) is 4.79 Å². The third kappa shape index (κ3) is 2.97. The summed E-state index contributed by atoms with van der Waals surface area (Å²) in [4.78, 5) is 10.9. The van der Waals surface area contributed by atoms with E-state index in [0.717, 1.165) is 14.6 Å². The Morgan fingerprint density at radius 1 is 1.38 bits per heavy atom. The van der Waals surface area contributed by atoms with Gasteiger partial charge in [0, 0.05) is 14.6 Å². The van der Waals surface area contributed by atoms with Crippen LogP contribution in [0.2, 0.25) is 0 Å². The van der Waals surface area contributed by atoms with Crippen LogP contribution in [0.1, 0.15) is 0 Å². The first-order valence-electron chi connectivity index (χ1n) is 3.52. The number of hydrogen-bond acceptors (Lipinski definition) is 1. The molecule has 0 aromatic heterocycles. The van der Waals surface area contributed by atoms with Gasteiger partial charge < -0.3 is 5.32 Å². The van der Waals surface area contributed by atoms with Gasteiger partial charge in [-0.2, -0.15) is 0 Å². The molecule has 0 heterocycles. The van der Waals surface area contributed by atoms with Crippen molar-refractivity contribution in [2.45, 2.75) is 0 Å². The highest BCUT2D eigenvalue weighted by Gasteiger charge is 2.00. The molecular formula is C9H7Br2NO. The lowest BCUT2D eigenvalue weighted by Crippen LogP contribution is -2.06. The number of benzene rings is 1. The second-order valence-corrected chi connectivity index (χ2v) is 4.03. The summed E-state index contributed by atoms with van der Waals surface area (Å²) in [5.41, 5.74) is 0.736. The SMILES string of the molecule is C=CC(=O)Nc1ccc(Br)c(Br)c1. The van der Waals surface area contributed by atoms with Gasteiger partial charge in [0.1, 0.15) is 0 Å². The summed E-state index contributed by atoms with van der Waals surface area (Å²) in [5.74, 6) is -0.214. The standard InChI is InChI=1S/C9H7Br2NO/c1-2-9(13)12-6-3-4-7(10)8(11)5-6/h2-5H,1H2,(H,12,13). The van der Waals surface area contributed by atoms with E-state index in [1.54, 1.807) is 6.07 Å². The second-order valence-electron chi connectivity index (χ2n) is 2.32. The first-order valence-corrected chi connectivity index (χ1v) is 5.10. The molecule has 1 N–H and O–H groups in total. The Balaban J connectivity index is 2.85. The summed E-state index contributed by atoms with van der Waals surface area (Å²) in [6.07, 6.45) is 1.23. The quantitative estimate of drug-likeness (QED) is 0.834. The van der Waals surface area contributed by atoms with Crippen molar-refractivity contribution in [3.05, 3.63) is 39.8 Å². The minimum atomic E-state index is -0.214. The number of hydrogen-bond donors (Lipinski definition) is 1. The predicted octanol–water partition coefficient (Wildman–Crippen LogP) is 3.34. The first-order chi connectivity index (χ1) is 6.13. The third-order valence-corrected chi connectivity index (χ3v) is 3.25. The van der Waals surface area contributed by atoms with Crippen molar-refractivity contribution in [3.63, 3.8) is 0 Å². The molecule has 1 aromatic carbocycles. The minimum Gasteiger partial charge on any atom is -0.322 e. The highest BCUT2D eigenvalue weighted by atomic mass is 79.9. The van der Waals surface area contributed by atoms with Gasteiger partial charge in [0.15, 0.2) is 0 Å². The molecule has 0 atom stereocenters. The molecule has 0 spiro atoms. The van der Waals surface area contributed by atoms with E-state index in [1.807, 2.05) is 12.1 Å². The molecule has 0 unspecified atom stereocenters. The molecule has 2 nitrogen and oxygen atoms in total. The molecule has 13 heavy (non-hydrogen) atoms. The number of carbonyl (C=O) groups excluding carboxylic acids is 1. The molecule has 0 bridgehead atoms. The Morgan fingerprint density at radius 3 is 2.62 bits per heavy atom. The van der Waals surface area contributed by atoms with Crippen LogP contribution in [-0.2, 0) is 4.79 Å². The van der Waals surface area contributed by atoms with E-state index in [-0.39, 0.29) is 5.91 Å². The lowest BCUT2D eigenvalue weighted by Gasteiger charge is -2.03. The van der Waals surface area contributed by atoms with E-state index in [4.69, 9.17) is 0 Å². The summed E-state index contributed by atoms with van der Waals surface area (Å²) in [6, 6.07) is 5.46. The van der Waals surface area contributed by atoms with Crippen molar-refractivity contribution in [1.29, 1.82) is 0 Å². The van der Waals surface area contributed by atoms with Crippen LogP contribution in [0.4, 0.5) is 5.69 Å². The maximum absolute atomic E-state index is 10.9. The Kier molecular flexibility index (Phi) is 3.69. The van der Waals surface area contributed by atoms with Crippen LogP contribution in [0, 0.1) is 0 Å². The fraction of sp³-hybridized carbons (Fsp3) is 0. The maximum Gasteiger partial charge on any atom is 0.247 e. The van der Waals surface area contributed by atoms with E-state index in [0.29, 0.717) is 0 Å². The monoisotopic (exact) mass is 303 g/mol. The Hall–Kier alpha value is -0.610.